The van der Waals surface area contributed by atoms with E-state index in [1.54, 1.807) is 16.3 Å². The van der Waals surface area contributed by atoms with E-state index in [0.717, 1.165) is 11.3 Å². The second-order valence-corrected chi connectivity index (χ2v) is 7.46. The summed E-state index contributed by atoms with van der Waals surface area (Å²) in [5.41, 5.74) is 2.52. The number of aromatic nitrogens is 3. The van der Waals surface area contributed by atoms with Gasteiger partial charge in [-0.2, -0.15) is 5.10 Å². The van der Waals surface area contributed by atoms with Crippen LogP contribution >= 0.6 is 11.3 Å². The van der Waals surface area contributed by atoms with Gasteiger partial charge in [0.2, 0.25) is 0 Å². The number of hydrogen-bond donors (Lipinski definition) is 3. The van der Waals surface area contributed by atoms with Gasteiger partial charge < -0.3 is 15.7 Å². The number of para-hydroxylation sites is 1. The van der Waals surface area contributed by atoms with Crippen LogP contribution in [0.25, 0.3) is 16.3 Å². The van der Waals surface area contributed by atoms with Crippen molar-refractivity contribution in [3.8, 4) is 22.0 Å². The summed E-state index contributed by atoms with van der Waals surface area (Å²) in [5.74, 6) is -0.490. The summed E-state index contributed by atoms with van der Waals surface area (Å²) in [6.45, 7) is 0.535. The number of amides is 2. The second-order valence-electron chi connectivity index (χ2n) is 6.61. The largest absolute Gasteiger partial charge is 0.508 e. The van der Waals surface area contributed by atoms with Gasteiger partial charge >= 0.3 is 0 Å². The number of hydrogen-bond acceptors (Lipinski definition) is 6. The molecule has 0 aliphatic carbocycles. The molecule has 8 nitrogen and oxygen atoms in total. The third kappa shape index (κ3) is 4.96. The standard InChI is InChI=1S/C22H19N5O3S/c28-18-8-6-15(7-9-18)20(29)23-10-11-24-21(30)19-14-31-22(26-19)16-12-25-27(13-16)17-4-2-1-3-5-17/h1-9,12-14,28H,10-11H2,(H,23,29)(H,24,30). The molecule has 0 unspecified atom stereocenters. The zero-order valence-corrected chi connectivity index (χ0v) is 17.2. The quantitative estimate of drug-likeness (QED) is 0.388. The van der Waals surface area contributed by atoms with Crippen LogP contribution in [0.3, 0.4) is 0 Å². The Balaban J connectivity index is 1.29. The van der Waals surface area contributed by atoms with Gasteiger partial charge in [-0.05, 0) is 36.4 Å². The Kier molecular flexibility index (Phi) is 6.04. The molecule has 4 rings (SSSR count). The van der Waals surface area contributed by atoms with Crippen LogP contribution in [0.5, 0.6) is 5.75 Å². The molecule has 0 fully saturated rings. The lowest BCUT2D eigenvalue weighted by Crippen LogP contribution is -2.34. The SMILES string of the molecule is O=C(NCCNC(=O)c1csc(-c2cnn(-c3ccccc3)c2)n1)c1ccc(O)cc1. The summed E-state index contributed by atoms with van der Waals surface area (Å²) in [7, 11) is 0. The highest BCUT2D eigenvalue weighted by Crippen LogP contribution is 2.24. The van der Waals surface area contributed by atoms with Crippen molar-refractivity contribution < 1.29 is 14.7 Å². The van der Waals surface area contributed by atoms with E-state index in [1.807, 2.05) is 36.5 Å². The van der Waals surface area contributed by atoms with Crippen LogP contribution in [0, 0.1) is 0 Å². The minimum absolute atomic E-state index is 0.0962. The predicted molar refractivity (Wildman–Crippen MR) is 117 cm³/mol. The van der Waals surface area contributed by atoms with Gasteiger partial charge in [0, 0.05) is 35.8 Å². The van der Waals surface area contributed by atoms with E-state index in [4.69, 9.17) is 0 Å². The molecule has 2 amide bonds. The third-order valence-corrected chi connectivity index (χ3v) is 5.30. The van der Waals surface area contributed by atoms with Crippen molar-refractivity contribution in [1.82, 2.24) is 25.4 Å². The Hall–Kier alpha value is -3.98. The number of rotatable bonds is 7. The van der Waals surface area contributed by atoms with Crippen LogP contribution in [0.4, 0.5) is 0 Å². The number of carbonyl (C=O) groups is 2. The topological polar surface area (TPSA) is 109 Å². The van der Waals surface area contributed by atoms with Crippen molar-refractivity contribution in [3.05, 3.63) is 83.6 Å². The van der Waals surface area contributed by atoms with Crippen molar-refractivity contribution in [3.63, 3.8) is 0 Å². The van der Waals surface area contributed by atoms with Gasteiger partial charge in [0.25, 0.3) is 11.8 Å². The van der Waals surface area contributed by atoms with E-state index in [0.29, 0.717) is 16.3 Å². The lowest BCUT2D eigenvalue weighted by Gasteiger charge is -2.06. The van der Waals surface area contributed by atoms with E-state index in [1.165, 1.54) is 35.6 Å². The molecule has 31 heavy (non-hydrogen) atoms. The maximum atomic E-state index is 12.3. The lowest BCUT2D eigenvalue weighted by atomic mass is 10.2. The Morgan fingerprint density at radius 2 is 1.68 bits per heavy atom. The Bertz CT molecular complexity index is 1190. The first-order valence-electron chi connectivity index (χ1n) is 9.51. The van der Waals surface area contributed by atoms with Gasteiger partial charge in [-0.15, -0.1) is 11.3 Å². The van der Waals surface area contributed by atoms with E-state index in [-0.39, 0.29) is 30.7 Å². The number of phenols is 1. The van der Waals surface area contributed by atoms with Crippen LogP contribution in [0.15, 0.2) is 72.4 Å². The number of nitrogens with zero attached hydrogens (tertiary/aromatic N) is 3. The van der Waals surface area contributed by atoms with E-state index >= 15 is 0 Å². The molecule has 0 aliphatic rings. The fourth-order valence-electron chi connectivity index (χ4n) is 2.82. The molecule has 0 aliphatic heterocycles. The fourth-order valence-corrected chi connectivity index (χ4v) is 3.60. The second kappa shape index (κ2) is 9.23. The summed E-state index contributed by atoms with van der Waals surface area (Å²) in [6.07, 6.45) is 3.58. The van der Waals surface area contributed by atoms with Crippen molar-refractivity contribution >= 4 is 23.2 Å². The number of nitrogens with one attached hydrogen (secondary N) is 2. The van der Waals surface area contributed by atoms with Crippen molar-refractivity contribution in [2.75, 3.05) is 13.1 Å². The Morgan fingerprint density at radius 1 is 0.968 bits per heavy atom. The summed E-state index contributed by atoms with van der Waals surface area (Å²) >= 11 is 1.37. The average Bonchev–Trinajstić information content (AvgIpc) is 3.47. The molecule has 0 saturated heterocycles. The molecule has 4 aromatic rings. The van der Waals surface area contributed by atoms with Gasteiger partial charge in [-0.3, -0.25) is 9.59 Å². The minimum Gasteiger partial charge on any atom is -0.508 e. The minimum atomic E-state index is -0.308. The van der Waals surface area contributed by atoms with E-state index in [9.17, 15) is 14.7 Å². The van der Waals surface area contributed by atoms with Crippen LogP contribution in [0.1, 0.15) is 20.8 Å². The zero-order chi connectivity index (χ0) is 21.6. The van der Waals surface area contributed by atoms with Crippen LogP contribution in [-0.2, 0) is 0 Å². The number of thiazole rings is 1. The summed E-state index contributed by atoms with van der Waals surface area (Å²) < 4.78 is 1.76. The van der Waals surface area contributed by atoms with Crippen molar-refractivity contribution in [1.29, 1.82) is 0 Å². The molecule has 0 atom stereocenters. The zero-order valence-electron chi connectivity index (χ0n) is 16.4. The maximum absolute atomic E-state index is 12.3. The molecule has 0 saturated carbocycles. The lowest BCUT2D eigenvalue weighted by molar-refractivity contribution is 0.0925. The normalized spacial score (nSPS) is 10.6. The van der Waals surface area contributed by atoms with Crippen LogP contribution in [-0.4, -0.2) is 44.8 Å². The number of carbonyl (C=O) groups excluding carboxylic acids is 2. The Labute approximate surface area is 182 Å². The monoisotopic (exact) mass is 433 g/mol. The average molecular weight is 433 g/mol. The fraction of sp³-hybridized carbons (Fsp3) is 0.0909. The number of phenolic OH excluding ortho intramolecular Hbond substituents is 1. The molecule has 2 heterocycles. The number of aromatic hydroxyl groups is 1. The maximum Gasteiger partial charge on any atom is 0.270 e. The van der Waals surface area contributed by atoms with Gasteiger partial charge in [0.15, 0.2) is 0 Å². The first-order valence-corrected chi connectivity index (χ1v) is 10.4. The van der Waals surface area contributed by atoms with Crippen molar-refractivity contribution in [2.45, 2.75) is 0 Å². The number of benzene rings is 2. The summed E-state index contributed by atoms with van der Waals surface area (Å²) in [5, 5.41) is 21.5. The highest BCUT2D eigenvalue weighted by Gasteiger charge is 2.13. The molecule has 2 aromatic carbocycles. The molecular weight excluding hydrogens is 414 g/mol. The van der Waals surface area contributed by atoms with E-state index in [2.05, 4.69) is 20.7 Å². The Morgan fingerprint density at radius 3 is 2.42 bits per heavy atom. The molecule has 0 spiro atoms. The van der Waals surface area contributed by atoms with Crippen LogP contribution < -0.4 is 10.6 Å². The first kappa shape index (κ1) is 20.3. The smallest absolute Gasteiger partial charge is 0.270 e. The van der Waals surface area contributed by atoms with Crippen molar-refractivity contribution in [2.24, 2.45) is 0 Å². The molecule has 0 bridgehead atoms. The molecule has 2 aromatic heterocycles. The molecule has 9 heteroatoms. The highest BCUT2D eigenvalue weighted by molar-refractivity contribution is 7.13. The van der Waals surface area contributed by atoms with Gasteiger partial charge in [-0.1, -0.05) is 18.2 Å². The molecule has 156 valence electrons. The van der Waals surface area contributed by atoms with Crippen LogP contribution in [0.2, 0.25) is 0 Å². The summed E-state index contributed by atoms with van der Waals surface area (Å²) in [4.78, 5) is 28.8. The van der Waals surface area contributed by atoms with Gasteiger partial charge in [-0.25, -0.2) is 9.67 Å². The van der Waals surface area contributed by atoms with Gasteiger partial charge in [0.1, 0.15) is 16.5 Å². The highest BCUT2D eigenvalue weighted by atomic mass is 32.1. The molecule has 0 radical (unpaired) electrons. The first-order chi connectivity index (χ1) is 15.1. The predicted octanol–water partition coefficient (Wildman–Crippen LogP) is 2.86. The molecule has 3 N–H and O–H groups in total. The molecular formula is C22H19N5O3S. The van der Waals surface area contributed by atoms with Gasteiger partial charge in [0.05, 0.1) is 11.9 Å². The van der Waals surface area contributed by atoms with E-state index < -0.39 is 0 Å². The third-order valence-electron chi connectivity index (χ3n) is 4.41. The summed E-state index contributed by atoms with van der Waals surface area (Å²) in [6, 6.07) is 15.7.